The minimum atomic E-state index is -4.15. The van der Waals surface area contributed by atoms with Crippen LogP contribution in [0.1, 0.15) is 74.1 Å². The van der Waals surface area contributed by atoms with E-state index in [-0.39, 0.29) is 29.3 Å². The smallest absolute Gasteiger partial charge is 0.264 e. The fourth-order valence-electron chi connectivity index (χ4n) is 6.27. The number of hydrogen-bond donors (Lipinski definition) is 1. The number of carbonyl (C=O) groups is 2. The second-order valence-corrected chi connectivity index (χ2v) is 15.0. The average Bonchev–Trinajstić information content (AvgIpc) is 3.10. The van der Waals surface area contributed by atoms with Gasteiger partial charge in [0.15, 0.2) is 0 Å². The van der Waals surface area contributed by atoms with Crippen LogP contribution in [0.4, 0.5) is 5.69 Å². The minimum Gasteiger partial charge on any atom is -0.352 e. The van der Waals surface area contributed by atoms with Crippen molar-refractivity contribution in [3.63, 3.8) is 0 Å². The van der Waals surface area contributed by atoms with Crippen molar-refractivity contribution in [3.05, 3.63) is 131 Å². The largest absolute Gasteiger partial charge is 0.352 e. The first-order chi connectivity index (χ1) is 23.1. The highest BCUT2D eigenvalue weighted by molar-refractivity contribution is 7.92. The summed E-state index contributed by atoms with van der Waals surface area (Å²) in [6, 6.07) is 32.4. The molecule has 8 heteroatoms. The molecule has 0 radical (unpaired) electrons. The number of hydrogen-bond acceptors (Lipinski definition) is 4. The van der Waals surface area contributed by atoms with Gasteiger partial charge in [-0.3, -0.25) is 13.9 Å². The first-order valence-electron chi connectivity index (χ1n) is 17.0. The van der Waals surface area contributed by atoms with E-state index in [1.54, 1.807) is 41.3 Å². The summed E-state index contributed by atoms with van der Waals surface area (Å²) in [6.45, 7) is 5.74. The van der Waals surface area contributed by atoms with Crippen LogP contribution in [-0.2, 0) is 32.6 Å². The number of anilines is 1. The molecule has 1 saturated carbocycles. The van der Waals surface area contributed by atoms with Gasteiger partial charge in [0, 0.05) is 19.0 Å². The lowest BCUT2D eigenvalue weighted by Crippen LogP contribution is -2.55. The molecular formula is C40H47N3O4S. The molecule has 0 aromatic heterocycles. The minimum absolute atomic E-state index is 0.0519. The monoisotopic (exact) mass is 665 g/mol. The number of sulfonamides is 1. The van der Waals surface area contributed by atoms with Gasteiger partial charge in [-0.2, -0.15) is 0 Å². The Hall–Kier alpha value is -4.43. The van der Waals surface area contributed by atoms with Crippen LogP contribution in [0, 0.1) is 6.92 Å². The maximum Gasteiger partial charge on any atom is 0.264 e. The number of benzene rings is 4. The number of amides is 2. The van der Waals surface area contributed by atoms with Gasteiger partial charge in [-0.25, -0.2) is 8.42 Å². The number of rotatable bonds is 13. The van der Waals surface area contributed by atoms with E-state index in [1.807, 2.05) is 79.7 Å². The van der Waals surface area contributed by atoms with Gasteiger partial charge in [0.25, 0.3) is 10.0 Å². The third-order valence-electron chi connectivity index (χ3n) is 9.15. The van der Waals surface area contributed by atoms with Gasteiger partial charge in [0.2, 0.25) is 11.8 Å². The maximum absolute atomic E-state index is 14.7. The standard InChI is InChI=1S/C40H47N3O4S/c1-30(2)34-21-23-36(24-22-34)43(48(46,47)37-25-19-31(3)20-26-37)29-39(44)42(28-33-15-9-5-10-16-33)38(27-32-13-7-4-8-14-32)40(45)41-35-17-11-6-12-18-35/h4-5,7-10,13-16,19-26,30,35,38H,6,11-12,17-18,27-29H2,1-3H3,(H,41,45)/t38-/m1/s1. The topological polar surface area (TPSA) is 86.8 Å². The molecule has 0 spiro atoms. The summed E-state index contributed by atoms with van der Waals surface area (Å²) < 4.78 is 29.8. The van der Waals surface area contributed by atoms with E-state index in [0.29, 0.717) is 12.1 Å². The summed E-state index contributed by atoms with van der Waals surface area (Å²) in [5.74, 6) is -0.419. The van der Waals surface area contributed by atoms with Gasteiger partial charge in [-0.05, 0) is 66.6 Å². The summed E-state index contributed by atoms with van der Waals surface area (Å²) >= 11 is 0. The van der Waals surface area contributed by atoms with E-state index >= 15 is 0 Å². The number of nitrogens with one attached hydrogen (secondary N) is 1. The number of nitrogens with zero attached hydrogens (tertiary/aromatic N) is 2. The van der Waals surface area contributed by atoms with Gasteiger partial charge >= 0.3 is 0 Å². The van der Waals surface area contributed by atoms with Gasteiger partial charge in [0.05, 0.1) is 10.6 Å². The number of carbonyl (C=O) groups excluding carboxylic acids is 2. The molecule has 1 fully saturated rings. The predicted molar refractivity (Wildman–Crippen MR) is 192 cm³/mol. The van der Waals surface area contributed by atoms with Crippen LogP contribution in [0.15, 0.2) is 114 Å². The molecule has 0 unspecified atom stereocenters. The fourth-order valence-corrected chi connectivity index (χ4v) is 7.68. The van der Waals surface area contributed by atoms with Crippen LogP contribution in [0.3, 0.4) is 0 Å². The van der Waals surface area contributed by atoms with Gasteiger partial charge in [-0.15, -0.1) is 0 Å². The zero-order chi connectivity index (χ0) is 34.1. The maximum atomic E-state index is 14.7. The Morgan fingerprint density at radius 3 is 1.94 bits per heavy atom. The highest BCUT2D eigenvalue weighted by Crippen LogP contribution is 2.27. The van der Waals surface area contributed by atoms with E-state index in [9.17, 15) is 18.0 Å². The van der Waals surface area contributed by atoms with Crippen molar-refractivity contribution >= 4 is 27.5 Å². The van der Waals surface area contributed by atoms with Crippen molar-refractivity contribution < 1.29 is 18.0 Å². The van der Waals surface area contributed by atoms with Crippen LogP contribution in [0.5, 0.6) is 0 Å². The molecule has 4 aromatic rings. The zero-order valence-electron chi connectivity index (χ0n) is 28.2. The third kappa shape index (κ3) is 8.92. The highest BCUT2D eigenvalue weighted by Gasteiger charge is 2.35. The Morgan fingerprint density at radius 1 is 0.771 bits per heavy atom. The second-order valence-electron chi connectivity index (χ2n) is 13.1. The fraction of sp³-hybridized carbons (Fsp3) is 0.350. The normalized spacial score (nSPS) is 14.3. The summed E-state index contributed by atoms with van der Waals surface area (Å²) in [7, 11) is -4.15. The number of aryl methyl sites for hydroxylation is 1. The molecule has 0 aliphatic heterocycles. The Bertz CT molecular complexity index is 1740. The van der Waals surface area contributed by atoms with Crippen LogP contribution < -0.4 is 9.62 Å². The summed E-state index contributed by atoms with van der Waals surface area (Å²) in [6.07, 6.45) is 5.38. The molecule has 5 rings (SSSR count). The molecule has 7 nitrogen and oxygen atoms in total. The highest BCUT2D eigenvalue weighted by atomic mass is 32.2. The molecule has 0 saturated heterocycles. The van der Waals surface area contributed by atoms with E-state index in [0.717, 1.165) is 54.4 Å². The molecule has 2 amide bonds. The Morgan fingerprint density at radius 2 is 1.35 bits per heavy atom. The average molecular weight is 666 g/mol. The van der Waals surface area contributed by atoms with Crippen LogP contribution in [-0.4, -0.2) is 43.8 Å². The molecular weight excluding hydrogens is 619 g/mol. The second kappa shape index (κ2) is 16.1. The van der Waals surface area contributed by atoms with Crippen LogP contribution in [0.25, 0.3) is 0 Å². The Balaban J connectivity index is 1.55. The first-order valence-corrected chi connectivity index (χ1v) is 18.4. The molecule has 1 atom stereocenters. The molecule has 4 aromatic carbocycles. The summed E-state index contributed by atoms with van der Waals surface area (Å²) in [5.41, 5.74) is 4.15. The Kier molecular flexibility index (Phi) is 11.7. The third-order valence-corrected chi connectivity index (χ3v) is 10.9. The van der Waals surface area contributed by atoms with E-state index in [1.165, 1.54) is 4.31 Å². The van der Waals surface area contributed by atoms with Crippen molar-refractivity contribution in [1.29, 1.82) is 0 Å². The van der Waals surface area contributed by atoms with Crippen molar-refractivity contribution in [2.24, 2.45) is 0 Å². The Labute approximate surface area is 286 Å². The van der Waals surface area contributed by atoms with Crippen LogP contribution >= 0.6 is 0 Å². The molecule has 0 bridgehead atoms. The SMILES string of the molecule is Cc1ccc(S(=O)(=O)N(CC(=O)N(Cc2ccccc2)[C@H](Cc2ccccc2)C(=O)NC2CCCCC2)c2ccc(C(C)C)cc2)cc1. The van der Waals surface area contributed by atoms with Crippen molar-refractivity contribution in [2.45, 2.75) is 88.7 Å². The van der Waals surface area contributed by atoms with Crippen LogP contribution in [0.2, 0.25) is 0 Å². The van der Waals surface area contributed by atoms with Gasteiger partial charge in [0.1, 0.15) is 12.6 Å². The molecule has 1 N–H and O–H groups in total. The predicted octanol–water partition coefficient (Wildman–Crippen LogP) is 7.40. The van der Waals surface area contributed by atoms with Crippen molar-refractivity contribution in [1.82, 2.24) is 10.2 Å². The lowest BCUT2D eigenvalue weighted by Gasteiger charge is -2.35. The van der Waals surface area contributed by atoms with Gasteiger partial charge in [-0.1, -0.05) is 124 Å². The summed E-state index contributed by atoms with van der Waals surface area (Å²) in [5, 5.41) is 3.26. The molecule has 1 aliphatic carbocycles. The van der Waals surface area contributed by atoms with E-state index < -0.39 is 28.5 Å². The van der Waals surface area contributed by atoms with E-state index in [4.69, 9.17) is 0 Å². The van der Waals surface area contributed by atoms with Crippen molar-refractivity contribution in [3.8, 4) is 0 Å². The molecule has 252 valence electrons. The lowest BCUT2D eigenvalue weighted by molar-refractivity contribution is -0.140. The van der Waals surface area contributed by atoms with Gasteiger partial charge < -0.3 is 10.2 Å². The van der Waals surface area contributed by atoms with Crippen molar-refractivity contribution in [2.75, 3.05) is 10.8 Å². The molecule has 48 heavy (non-hydrogen) atoms. The quantitative estimate of drug-likeness (QED) is 0.161. The van der Waals surface area contributed by atoms with E-state index in [2.05, 4.69) is 19.2 Å². The lowest BCUT2D eigenvalue weighted by atomic mass is 9.94. The summed E-state index contributed by atoms with van der Waals surface area (Å²) in [4.78, 5) is 30.6. The molecule has 0 heterocycles. The zero-order valence-corrected chi connectivity index (χ0v) is 29.0. The first kappa shape index (κ1) is 34.9. The molecule has 1 aliphatic rings.